The molecule has 1 unspecified atom stereocenters. The Morgan fingerprint density at radius 3 is 2.84 bits per heavy atom. The van der Waals surface area contributed by atoms with Gasteiger partial charge in [0, 0.05) is 7.11 Å². The number of amides is 1. The Kier molecular flexibility index (Phi) is 3.90. The van der Waals surface area contributed by atoms with Crippen LogP contribution in [0.25, 0.3) is 0 Å². The molecule has 6 heteroatoms. The van der Waals surface area contributed by atoms with Gasteiger partial charge in [0.25, 0.3) is 5.91 Å². The second-order valence-corrected chi connectivity index (χ2v) is 3.79. The van der Waals surface area contributed by atoms with Crippen LogP contribution in [0.1, 0.15) is 17.2 Å². The molecule has 1 aromatic carbocycles. The minimum Gasteiger partial charge on any atom is -0.367 e. The zero-order chi connectivity index (χ0) is 13.7. The van der Waals surface area contributed by atoms with Gasteiger partial charge in [0.1, 0.15) is 17.5 Å². The number of methoxy groups -OCH3 is 1. The fraction of sp³-hybridized carbons (Fsp3) is 0.154. The molecule has 1 amide bonds. The summed E-state index contributed by atoms with van der Waals surface area (Å²) in [5, 5.41) is 17.7. The van der Waals surface area contributed by atoms with Crippen molar-refractivity contribution in [2.75, 3.05) is 12.4 Å². The van der Waals surface area contributed by atoms with E-state index < -0.39 is 6.10 Å². The topological polar surface area (TPSA) is 90.8 Å². The minimum absolute atomic E-state index is 0.269. The third-order valence-electron chi connectivity index (χ3n) is 2.58. The maximum Gasteiger partial charge on any atom is 0.259 e. The predicted molar refractivity (Wildman–Crippen MR) is 68.1 cm³/mol. The van der Waals surface area contributed by atoms with E-state index in [1.54, 1.807) is 12.1 Å². The van der Waals surface area contributed by atoms with Crippen LogP contribution >= 0.6 is 0 Å². The van der Waals surface area contributed by atoms with Crippen LogP contribution < -0.4 is 5.32 Å². The molecule has 0 bridgehead atoms. The molecule has 0 aliphatic heterocycles. The van der Waals surface area contributed by atoms with Gasteiger partial charge in [-0.15, -0.1) is 0 Å². The van der Waals surface area contributed by atoms with Gasteiger partial charge in [-0.05, 0) is 5.56 Å². The SMILES string of the molecule is COC(C(=O)Nc1[nH]ncc1C#N)c1ccccc1. The lowest BCUT2D eigenvalue weighted by Gasteiger charge is -2.14. The predicted octanol–water partition coefficient (Wildman–Crippen LogP) is 1.61. The first kappa shape index (κ1) is 12.8. The fourth-order valence-electron chi connectivity index (χ4n) is 1.68. The van der Waals surface area contributed by atoms with Crippen LogP contribution in [0, 0.1) is 11.3 Å². The van der Waals surface area contributed by atoms with Crippen molar-refractivity contribution in [1.29, 1.82) is 5.26 Å². The Morgan fingerprint density at radius 1 is 1.47 bits per heavy atom. The van der Waals surface area contributed by atoms with Gasteiger partial charge in [0.2, 0.25) is 0 Å². The average molecular weight is 256 g/mol. The average Bonchev–Trinajstić information content (AvgIpc) is 2.88. The standard InChI is InChI=1S/C13H12N4O2/c1-19-11(9-5-3-2-4-6-9)13(18)16-12-10(7-14)8-15-17-12/h2-6,8,11H,1H3,(H2,15,16,17,18). The van der Waals surface area contributed by atoms with E-state index in [2.05, 4.69) is 15.5 Å². The van der Waals surface area contributed by atoms with Crippen LogP contribution in [0.5, 0.6) is 0 Å². The number of carbonyl (C=O) groups is 1. The Labute approximate surface area is 110 Å². The normalized spacial score (nSPS) is 11.6. The van der Waals surface area contributed by atoms with Gasteiger partial charge in [0.05, 0.1) is 6.20 Å². The summed E-state index contributed by atoms with van der Waals surface area (Å²) in [6.07, 6.45) is 0.607. The van der Waals surface area contributed by atoms with Crippen LogP contribution in [0.15, 0.2) is 36.5 Å². The van der Waals surface area contributed by atoms with Crippen molar-refractivity contribution in [3.63, 3.8) is 0 Å². The largest absolute Gasteiger partial charge is 0.367 e. The molecular formula is C13H12N4O2. The number of aromatic nitrogens is 2. The molecule has 0 radical (unpaired) electrons. The first-order valence-electron chi connectivity index (χ1n) is 5.58. The highest BCUT2D eigenvalue weighted by Crippen LogP contribution is 2.19. The number of anilines is 1. The zero-order valence-corrected chi connectivity index (χ0v) is 10.3. The Balaban J connectivity index is 2.17. The molecule has 6 nitrogen and oxygen atoms in total. The third kappa shape index (κ3) is 2.78. The molecule has 2 rings (SSSR count). The van der Waals surface area contributed by atoms with Crippen LogP contribution in [0.2, 0.25) is 0 Å². The monoisotopic (exact) mass is 256 g/mol. The summed E-state index contributed by atoms with van der Waals surface area (Å²) in [5.41, 5.74) is 1.01. The van der Waals surface area contributed by atoms with Crippen molar-refractivity contribution in [3.05, 3.63) is 47.7 Å². The van der Waals surface area contributed by atoms with Crippen LogP contribution in [0.3, 0.4) is 0 Å². The first-order chi connectivity index (χ1) is 9.26. The van der Waals surface area contributed by atoms with E-state index in [0.29, 0.717) is 0 Å². The Hall–Kier alpha value is -2.65. The lowest BCUT2D eigenvalue weighted by molar-refractivity contribution is -0.126. The molecule has 0 aliphatic rings. The molecule has 2 N–H and O–H groups in total. The van der Waals surface area contributed by atoms with Gasteiger partial charge in [-0.25, -0.2) is 0 Å². The molecular weight excluding hydrogens is 244 g/mol. The molecule has 2 aromatic rings. The minimum atomic E-state index is -0.740. The van der Waals surface area contributed by atoms with Gasteiger partial charge in [-0.2, -0.15) is 10.4 Å². The van der Waals surface area contributed by atoms with Crippen LogP contribution in [-0.2, 0) is 9.53 Å². The Bertz CT molecular complexity index is 601. The van der Waals surface area contributed by atoms with E-state index in [1.165, 1.54) is 13.3 Å². The number of rotatable bonds is 4. The summed E-state index contributed by atoms with van der Waals surface area (Å²) in [6, 6.07) is 11.0. The first-order valence-corrected chi connectivity index (χ1v) is 5.58. The molecule has 96 valence electrons. The van der Waals surface area contributed by atoms with Crippen molar-refractivity contribution in [3.8, 4) is 6.07 Å². The van der Waals surface area contributed by atoms with Crippen molar-refractivity contribution in [2.24, 2.45) is 0 Å². The van der Waals surface area contributed by atoms with Gasteiger partial charge in [0.15, 0.2) is 6.10 Å². The highest BCUT2D eigenvalue weighted by molar-refractivity contribution is 5.95. The second kappa shape index (κ2) is 5.80. The molecule has 1 aromatic heterocycles. The molecule has 1 atom stereocenters. The molecule has 19 heavy (non-hydrogen) atoms. The van der Waals surface area contributed by atoms with Gasteiger partial charge in [-0.3, -0.25) is 9.89 Å². The summed E-state index contributed by atoms with van der Waals surface area (Å²) in [7, 11) is 1.45. The van der Waals surface area contributed by atoms with Gasteiger partial charge >= 0.3 is 0 Å². The number of ether oxygens (including phenoxy) is 1. The number of hydrogen-bond donors (Lipinski definition) is 2. The molecule has 0 aliphatic carbocycles. The number of nitrogens with zero attached hydrogens (tertiary/aromatic N) is 2. The number of benzene rings is 1. The molecule has 0 saturated carbocycles. The number of aromatic amines is 1. The highest BCUT2D eigenvalue weighted by Gasteiger charge is 2.21. The van der Waals surface area contributed by atoms with E-state index >= 15 is 0 Å². The lowest BCUT2D eigenvalue weighted by atomic mass is 10.1. The second-order valence-electron chi connectivity index (χ2n) is 3.79. The van der Waals surface area contributed by atoms with Gasteiger partial charge in [-0.1, -0.05) is 30.3 Å². The van der Waals surface area contributed by atoms with Crippen molar-refractivity contribution in [2.45, 2.75) is 6.10 Å². The smallest absolute Gasteiger partial charge is 0.259 e. The number of hydrogen-bond acceptors (Lipinski definition) is 4. The summed E-state index contributed by atoms with van der Waals surface area (Å²) in [4.78, 5) is 12.1. The van der Waals surface area contributed by atoms with E-state index in [-0.39, 0.29) is 17.3 Å². The fourth-order valence-corrected chi connectivity index (χ4v) is 1.68. The quantitative estimate of drug-likeness (QED) is 0.869. The summed E-state index contributed by atoms with van der Waals surface area (Å²) < 4.78 is 5.19. The number of H-pyrrole nitrogens is 1. The summed E-state index contributed by atoms with van der Waals surface area (Å²) in [6.45, 7) is 0. The third-order valence-corrected chi connectivity index (χ3v) is 2.58. The van der Waals surface area contributed by atoms with Crippen molar-refractivity contribution < 1.29 is 9.53 Å². The number of nitrogens with one attached hydrogen (secondary N) is 2. The molecule has 0 spiro atoms. The Morgan fingerprint density at radius 2 is 2.21 bits per heavy atom. The number of nitriles is 1. The molecule has 0 fully saturated rings. The highest BCUT2D eigenvalue weighted by atomic mass is 16.5. The van der Waals surface area contributed by atoms with E-state index in [4.69, 9.17) is 10.00 Å². The van der Waals surface area contributed by atoms with E-state index in [1.807, 2.05) is 24.3 Å². The number of carbonyl (C=O) groups excluding carboxylic acids is 1. The van der Waals surface area contributed by atoms with Crippen LogP contribution in [-0.4, -0.2) is 23.2 Å². The maximum absolute atomic E-state index is 12.1. The van der Waals surface area contributed by atoms with Crippen molar-refractivity contribution >= 4 is 11.7 Å². The van der Waals surface area contributed by atoms with Crippen molar-refractivity contribution in [1.82, 2.24) is 10.2 Å². The van der Waals surface area contributed by atoms with Gasteiger partial charge < -0.3 is 10.1 Å². The maximum atomic E-state index is 12.1. The zero-order valence-electron chi connectivity index (χ0n) is 10.3. The summed E-state index contributed by atoms with van der Waals surface area (Å²) >= 11 is 0. The van der Waals surface area contributed by atoms with Crippen LogP contribution in [0.4, 0.5) is 5.82 Å². The van der Waals surface area contributed by atoms with E-state index in [0.717, 1.165) is 5.56 Å². The lowest BCUT2D eigenvalue weighted by Crippen LogP contribution is -2.23. The summed E-state index contributed by atoms with van der Waals surface area (Å²) in [5.74, 6) is -0.0973. The molecule has 0 saturated heterocycles. The van der Waals surface area contributed by atoms with E-state index in [9.17, 15) is 4.79 Å². The molecule has 1 heterocycles.